The Morgan fingerprint density at radius 2 is 0.831 bits per heavy atom. The molecule has 11 aromatic rings. The van der Waals surface area contributed by atoms with Crippen LogP contribution < -0.4 is 4.90 Å². The third kappa shape index (κ3) is 5.57. The van der Waals surface area contributed by atoms with Crippen LogP contribution in [0.4, 0.5) is 17.1 Å². The average molecular weight is 846 g/mol. The van der Waals surface area contributed by atoms with Gasteiger partial charge in [-0.2, -0.15) is 0 Å². The molecule has 0 saturated heterocycles. The van der Waals surface area contributed by atoms with Gasteiger partial charge in [0.2, 0.25) is 0 Å². The smallest absolute Gasteiger partial charge is 0.0714 e. The fourth-order valence-electron chi connectivity index (χ4n) is 11.5. The normalized spacial score (nSPS) is 15.3. The minimum Gasteiger partial charge on any atom is -0.310 e. The van der Waals surface area contributed by atoms with E-state index >= 15 is 0 Å². The van der Waals surface area contributed by atoms with Gasteiger partial charge in [0.1, 0.15) is 0 Å². The maximum absolute atomic E-state index is 2.50. The van der Waals surface area contributed by atoms with Gasteiger partial charge < -0.3 is 4.90 Å². The highest BCUT2D eigenvalue weighted by molar-refractivity contribution is 7.25. The van der Waals surface area contributed by atoms with Crippen LogP contribution in [0.1, 0.15) is 45.9 Å². The highest BCUT2D eigenvalue weighted by Crippen LogP contribution is 2.58. The summed E-state index contributed by atoms with van der Waals surface area (Å²) in [4.78, 5) is 2.50. The Hall–Kier alpha value is -7.78. The summed E-state index contributed by atoms with van der Waals surface area (Å²) in [6, 6.07) is 90.6. The zero-order chi connectivity index (χ0) is 43.1. The van der Waals surface area contributed by atoms with Crippen molar-refractivity contribution in [2.75, 3.05) is 4.90 Å². The van der Waals surface area contributed by atoms with Gasteiger partial charge >= 0.3 is 0 Å². The van der Waals surface area contributed by atoms with E-state index in [0.717, 1.165) is 17.1 Å². The molecule has 0 bridgehead atoms. The number of rotatable bonds is 7. The van der Waals surface area contributed by atoms with Crippen molar-refractivity contribution in [3.05, 3.63) is 282 Å². The molecule has 10 aromatic carbocycles. The van der Waals surface area contributed by atoms with Gasteiger partial charge in [0.05, 0.1) is 5.41 Å². The third-order valence-electron chi connectivity index (χ3n) is 14.4. The first-order valence-electron chi connectivity index (χ1n) is 22.6. The van der Waals surface area contributed by atoms with Crippen LogP contribution in [0.15, 0.2) is 243 Å². The van der Waals surface area contributed by atoms with E-state index in [1.54, 1.807) is 0 Å². The van der Waals surface area contributed by atoms with Crippen molar-refractivity contribution in [3.63, 3.8) is 0 Å². The topological polar surface area (TPSA) is 3.24 Å². The molecule has 0 saturated carbocycles. The van der Waals surface area contributed by atoms with Crippen molar-refractivity contribution in [1.29, 1.82) is 0 Å². The SMILES string of the molecule is CC1(c2ccccc2)c2ccccc2-c2ccc(N(c3cccc(-c4ccc5sc6ccccc6c5c4)c3)c3ccc4c(c3)C(c3ccccc3)(c3ccccc3)c3ccccc3-4)cc21. The van der Waals surface area contributed by atoms with E-state index in [9.17, 15) is 0 Å². The summed E-state index contributed by atoms with van der Waals surface area (Å²) in [5.74, 6) is 0. The summed E-state index contributed by atoms with van der Waals surface area (Å²) in [6.07, 6.45) is 0. The van der Waals surface area contributed by atoms with Crippen LogP contribution >= 0.6 is 11.3 Å². The number of hydrogen-bond acceptors (Lipinski definition) is 2. The molecule has 0 N–H and O–H groups in total. The van der Waals surface area contributed by atoms with Gasteiger partial charge in [0, 0.05) is 42.6 Å². The number of benzene rings is 10. The molecule has 0 radical (unpaired) electrons. The van der Waals surface area contributed by atoms with Crippen molar-refractivity contribution in [2.24, 2.45) is 0 Å². The molecule has 0 fully saturated rings. The first kappa shape index (κ1) is 37.7. The minimum absolute atomic E-state index is 0.342. The van der Waals surface area contributed by atoms with Crippen LogP contribution in [0.3, 0.4) is 0 Å². The second kappa shape index (κ2) is 14.6. The van der Waals surface area contributed by atoms with Crippen molar-refractivity contribution in [3.8, 4) is 33.4 Å². The van der Waals surface area contributed by atoms with Crippen LogP contribution in [0.2, 0.25) is 0 Å². The molecule has 2 heteroatoms. The summed E-state index contributed by atoms with van der Waals surface area (Å²) >= 11 is 1.86. The highest BCUT2D eigenvalue weighted by Gasteiger charge is 2.46. The Morgan fingerprint density at radius 1 is 0.323 bits per heavy atom. The largest absolute Gasteiger partial charge is 0.310 e. The van der Waals surface area contributed by atoms with E-state index in [1.165, 1.54) is 92.5 Å². The summed E-state index contributed by atoms with van der Waals surface area (Å²) in [5.41, 5.74) is 19.1. The predicted octanol–water partition coefficient (Wildman–Crippen LogP) is 16.9. The molecule has 1 nitrogen and oxygen atoms in total. The zero-order valence-corrected chi connectivity index (χ0v) is 36.8. The molecule has 0 amide bonds. The standard InChI is InChI=1S/C63H43NS/c1-62(44-19-5-2-6-20-44)56-29-14-11-26-50(56)52-35-33-48(40-58(52)62)64(47-25-17-18-42(38-47)43-32-37-61-55(39-43)54-28-13-16-31-60(54)65-61)49-34-36-53-51-27-12-15-30-57(51)63(59(53)41-49,45-21-7-3-8-22-45)46-23-9-4-10-24-46/h2-41H,1H3. The Morgan fingerprint density at radius 3 is 1.54 bits per heavy atom. The molecule has 65 heavy (non-hydrogen) atoms. The first-order chi connectivity index (χ1) is 32.1. The van der Waals surface area contributed by atoms with Crippen LogP contribution in [-0.4, -0.2) is 0 Å². The monoisotopic (exact) mass is 845 g/mol. The zero-order valence-electron chi connectivity index (χ0n) is 35.9. The van der Waals surface area contributed by atoms with E-state index in [0.29, 0.717) is 0 Å². The maximum atomic E-state index is 2.50. The van der Waals surface area contributed by atoms with E-state index in [1.807, 2.05) is 11.3 Å². The van der Waals surface area contributed by atoms with Crippen molar-refractivity contribution in [2.45, 2.75) is 17.8 Å². The molecule has 1 unspecified atom stereocenters. The molecule has 1 aromatic heterocycles. The van der Waals surface area contributed by atoms with Crippen molar-refractivity contribution >= 4 is 48.6 Å². The van der Waals surface area contributed by atoms with Gasteiger partial charge in [0.25, 0.3) is 0 Å². The van der Waals surface area contributed by atoms with Crippen LogP contribution in [0.5, 0.6) is 0 Å². The fourth-order valence-corrected chi connectivity index (χ4v) is 12.5. The molecular formula is C63H43NS. The predicted molar refractivity (Wildman–Crippen MR) is 274 cm³/mol. The number of hydrogen-bond donors (Lipinski definition) is 0. The van der Waals surface area contributed by atoms with Crippen LogP contribution in [0.25, 0.3) is 53.6 Å². The van der Waals surface area contributed by atoms with Gasteiger partial charge in [-0.3, -0.25) is 0 Å². The summed E-state index contributed by atoms with van der Waals surface area (Å²) < 4.78 is 2.63. The molecule has 13 rings (SSSR count). The van der Waals surface area contributed by atoms with Gasteiger partial charge in [-0.05, 0) is 134 Å². The van der Waals surface area contributed by atoms with E-state index in [-0.39, 0.29) is 5.41 Å². The Balaban J connectivity index is 1.06. The van der Waals surface area contributed by atoms with Gasteiger partial charge in [-0.1, -0.05) is 188 Å². The Bertz CT molecular complexity index is 3580. The number of thiophene rings is 1. The summed E-state index contributed by atoms with van der Waals surface area (Å²) in [6.45, 7) is 2.41. The van der Waals surface area contributed by atoms with Gasteiger partial charge in [0.15, 0.2) is 0 Å². The molecular weight excluding hydrogens is 803 g/mol. The number of nitrogens with zero attached hydrogens (tertiary/aromatic N) is 1. The number of fused-ring (bicyclic) bond motifs is 9. The number of anilines is 3. The lowest BCUT2D eigenvalue weighted by Gasteiger charge is -2.35. The van der Waals surface area contributed by atoms with E-state index in [4.69, 9.17) is 0 Å². The molecule has 0 aliphatic heterocycles. The summed E-state index contributed by atoms with van der Waals surface area (Å²) in [5, 5.41) is 2.62. The summed E-state index contributed by atoms with van der Waals surface area (Å²) in [7, 11) is 0. The molecule has 2 aliphatic carbocycles. The van der Waals surface area contributed by atoms with E-state index < -0.39 is 5.41 Å². The second-order valence-corrected chi connectivity index (χ2v) is 18.8. The van der Waals surface area contributed by atoms with Crippen LogP contribution in [0, 0.1) is 0 Å². The molecule has 0 spiro atoms. The minimum atomic E-state index is -0.526. The lowest BCUT2D eigenvalue weighted by molar-refractivity contribution is 0.714. The lowest BCUT2D eigenvalue weighted by atomic mass is 9.67. The van der Waals surface area contributed by atoms with Gasteiger partial charge in [-0.15, -0.1) is 11.3 Å². The molecule has 1 heterocycles. The highest BCUT2D eigenvalue weighted by atomic mass is 32.1. The van der Waals surface area contributed by atoms with Crippen molar-refractivity contribution in [1.82, 2.24) is 0 Å². The second-order valence-electron chi connectivity index (χ2n) is 17.7. The van der Waals surface area contributed by atoms with Gasteiger partial charge in [-0.25, -0.2) is 0 Å². The van der Waals surface area contributed by atoms with Crippen molar-refractivity contribution < 1.29 is 0 Å². The lowest BCUT2D eigenvalue weighted by Crippen LogP contribution is -2.28. The van der Waals surface area contributed by atoms with E-state index in [2.05, 4.69) is 254 Å². The quantitative estimate of drug-likeness (QED) is 0.154. The molecule has 1 atom stereocenters. The molecule has 2 aliphatic rings. The fraction of sp³-hybridized carbons (Fsp3) is 0.0476. The molecule has 306 valence electrons. The average Bonchev–Trinajstić information content (AvgIpc) is 3.99. The Labute approximate surface area is 384 Å². The third-order valence-corrected chi connectivity index (χ3v) is 15.6. The van der Waals surface area contributed by atoms with Crippen LogP contribution in [-0.2, 0) is 10.8 Å². The first-order valence-corrected chi connectivity index (χ1v) is 23.4. The maximum Gasteiger partial charge on any atom is 0.0714 e. The Kier molecular flexibility index (Phi) is 8.50.